The van der Waals surface area contributed by atoms with Gasteiger partial charge in [0.2, 0.25) is 5.95 Å². The summed E-state index contributed by atoms with van der Waals surface area (Å²) in [7, 11) is 0. The Bertz CT molecular complexity index is 717. The minimum absolute atomic E-state index is 0.122. The van der Waals surface area contributed by atoms with Crippen molar-refractivity contribution in [3.05, 3.63) is 39.1 Å². The fourth-order valence-corrected chi connectivity index (χ4v) is 2.84. The maximum absolute atomic E-state index is 12.0. The lowest BCUT2D eigenvalue weighted by atomic mass is 10.1. The zero-order valence-electron chi connectivity index (χ0n) is 12.4. The minimum Gasteiger partial charge on any atom is -0.369 e. The van der Waals surface area contributed by atoms with Gasteiger partial charge >= 0.3 is 0 Å². The minimum atomic E-state index is -0.122. The van der Waals surface area contributed by atoms with E-state index >= 15 is 0 Å². The Kier molecular flexibility index (Phi) is 3.50. The molecule has 0 atom stereocenters. The van der Waals surface area contributed by atoms with Gasteiger partial charge < -0.3 is 5.73 Å². The number of nitrogens with one attached hydrogen (secondary N) is 1. The first kappa shape index (κ1) is 13.8. The molecular weight excluding hydrogens is 268 g/mol. The van der Waals surface area contributed by atoms with Crippen LogP contribution in [0.15, 0.2) is 11.0 Å². The van der Waals surface area contributed by atoms with E-state index in [1.54, 1.807) is 0 Å². The van der Waals surface area contributed by atoms with E-state index in [0.717, 1.165) is 37.3 Å². The highest BCUT2D eigenvalue weighted by Gasteiger charge is 2.21. The number of nitrogen functional groups attached to an aromatic ring is 1. The van der Waals surface area contributed by atoms with Crippen LogP contribution in [-0.2, 0) is 26.1 Å². The van der Waals surface area contributed by atoms with E-state index in [9.17, 15) is 4.79 Å². The van der Waals surface area contributed by atoms with Crippen molar-refractivity contribution >= 4 is 5.95 Å². The van der Waals surface area contributed by atoms with Crippen molar-refractivity contribution in [3.8, 4) is 0 Å². The van der Waals surface area contributed by atoms with Crippen LogP contribution in [0.4, 0.5) is 5.95 Å². The fraction of sp³-hybridized carbons (Fsp3) is 0.500. The number of anilines is 1. The molecule has 0 unspecified atom stereocenters. The van der Waals surface area contributed by atoms with E-state index in [1.807, 2.05) is 10.9 Å². The standard InChI is InChI=1S/C14H20N6O/c1-3-20-9(2)10(6-16-20)7-19-5-4-12-11(8-19)13(21)18-14(15)17-12/h6H,3-5,7-8H2,1-2H3,(H3,15,17,18,21). The number of rotatable bonds is 3. The molecule has 0 aliphatic carbocycles. The number of aromatic amines is 1. The lowest BCUT2D eigenvalue weighted by Crippen LogP contribution is -2.35. The number of hydrogen-bond acceptors (Lipinski definition) is 5. The number of fused-ring (bicyclic) bond motifs is 1. The third-order valence-corrected chi connectivity index (χ3v) is 4.06. The Morgan fingerprint density at radius 1 is 1.48 bits per heavy atom. The van der Waals surface area contributed by atoms with Gasteiger partial charge in [-0.3, -0.25) is 19.4 Å². The van der Waals surface area contributed by atoms with Crippen LogP contribution in [0.5, 0.6) is 0 Å². The Morgan fingerprint density at radius 3 is 3.00 bits per heavy atom. The molecule has 0 saturated carbocycles. The highest BCUT2D eigenvalue weighted by Crippen LogP contribution is 2.18. The van der Waals surface area contributed by atoms with Gasteiger partial charge in [-0.25, -0.2) is 4.98 Å². The molecule has 112 valence electrons. The molecule has 3 heterocycles. The second-order valence-electron chi connectivity index (χ2n) is 5.41. The van der Waals surface area contributed by atoms with Crippen molar-refractivity contribution < 1.29 is 0 Å². The zero-order valence-corrected chi connectivity index (χ0v) is 12.4. The quantitative estimate of drug-likeness (QED) is 0.854. The predicted octanol–water partition coefficient (Wildman–Crippen LogP) is 0.435. The summed E-state index contributed by atoms with van der Waals surface area (Å²) in [6, 6.07) is 0. The van der Waals surface area contributed by atoms with E-state index in [2.05, 4.69) is 33.8 Å². The summed E-state index contributed by atoms with van der Waals surface area (Å²) in [5.74, 6) is 0.201. The molecule has 1 aliphatic rings. The second kappa shape index (κ2) is 5.33. The van der Waals surface area contributed by atoms with Crippen LogP contribution < -0.4 is 11.3 Å². The molecule has 0 spiro atoms. The molecule has 3 N–H and O–H groups in total. The Morgan fingerprint density at radius 2 is 2.29 bits per heavy atom. The van der Waals surface area contributed by atoms with Gasteiger partial charge in [0.05, 0.1) is 17.5 Å². The zero-order chi connectivity index (χ0) is 15.0. The number of aromatic nitrogens is 4. The Balaban J connectivity index is 1.80. The summed E-state index contributed by atoms with van der Waals surface area (Å²) in [6.07, 6.45) is 2.67. The maximum Gasteiger partial charge on any atom is 0.257 e. The van der Waals surface area contributed by atoms with Crippen LogP contribution in [-0.4, -0.2) is 31.2 Å². The van der Waals surface area contributed by atoms with Crippen molar-refractivity contribution in [2.75, 3.05) is 12.3 Å². The average Bonchev–Trinajstić information content (AvgIpc) is 2.80. The molecule has 7 nitrogen and oxygen atoms in total. The molecule has 2 aromatic heterocycles. The molecule has 0 radical (unpaired) electrons. The first-order chi connectivity index (χ1) is 10.1. The summed E-state index contributed by atoms with van der Waals surface area (Å²) in [5.41, 5.74) is 9.42. The van der Waals surface area contributed by atoms with Gasteiger partial charge in [-0.05, 0) is 13.8 Å². The third-order valence-electron chi connectivity index (χ3n) is 4.06. The first-order valence-corrected chi connectivity index (χ1v) is 7.19. The van der Waals surface area contributed by atoms with Crippen LogP contribution in [0.1, 0.15) is 29.4 Å². The maximum atomic E-state index is 12.0. The molecule has 0 amide bonds. The number of nitrogens with two attached hydrogens (primary N) is 1. The molecule has 2 aromatic rings. The van der Waals surface area contributed by atoms with E-state index in [4.69, 9.17) is 5.73 Å². The summed E-state index contributed by atoms with van der Waals surface area (Å²) < 4.78 is 1.99. The summed E-state index contributed by atoms with van der Waals surface area (Å²) in [4.78, 5) is 21.0. The molecule has 0 aromatic carbocycles. The molecular formula is C14H20N6O. The van der Waals surface area contributed by atoms with Gasteiger partial charge in [0.1, 0.15) is 0 Å². The lowest BCUT2D eigenvalue weighted by molar-refractivity contribution is 0.241. The molecule has 3 rings (SSSR count). The normalized spacial score (nSPS) is 15.1. The van der Waals surface area contributed by atoms with E-state index in [1.165, 1.54) is 11.3 Å². The van der Waals surface area contributed by atoms with Gasteiger partial charge in [-0.1, -0.05) is 0 Å². The van der Waals surface area contributed by atoms with Gasteiger partial charge in [-0.15, -0.1) is 0 Å². The van der Waals surface area contributed by atoms with Crippen molar-refractivity contribution in [2.45, 2.75) is 39.9 Å². The predicted molar refractivity (Wildman–Crippen MR) is 79.7 cm³/mol. The second-order valence-corrected chi connectivity index (χ2v) is 5.41. The molecule has 7 heteroatoms. The fourth-order valence-electron chi connectivity index (χ4n) is 2.84. The van der Waals surface area contributed by atoms with E-state index in [-0.39, 0.29) is 11.5 Å². The van der Waals surface area contributed by atoms with Gasteiger partial charge in [0.15, 0.2) is 0 Å². The van der Waals surface area contributed by atoms with Gasteiger partial charge in [-0.2, -0.15) is 5.10 Å². The number of nitrogens with zero attached hydrogens (tertiary/aromatic N) is 4. The Labute approximate surface area is 122 Å². The third kappa shape index (κ3) is 2.56. The summed E-state index contributed by atoms with van der Waals surface area (Å²) >= 11 is 0. The van der Waals surface area contributed by atoms with Crippen molar-refractivity contribution in [3.63, 3.8) is 0 Å². The van der Waals surface area contributed by atoms with Crippen LogP contribution in [0.3, 0.4) is 0 Å². The van der Waals surface area contributed by atoms with Crippen LogP contribution >= 0.6 is 0 Å². The van der Waals surface area contributed by atoms with E-state index in [0.29, 0.717) is 6.54 Å². The SMILES string of the molecule is CCn1ncc(CN2CCc3nc(N)[nH]c(=O)c3C2)c1C. The van der Waals surface area contributed by atoms with E-state index < -0.39 is 0 Å². The molecule has 0 fully saturated rings. The smallest absolute Gasteiger partial charge is 0.257 e. The van der Waals surface area contributed by atoms with Crippen molar-refractivity contribution in [2.24, 2.45) is 0 Å². The lowest BCUT2D eigenvalue weighted by Gasteiger charge is -2.27. The monoisotopic (exact) mass is 288 g/mol. The van der Waals surface area contributed by atoms with Crippen LogP contribution in [0.2, 0.25) is 0 Å². The molecule has 1 aliphatic heterocycles. The largest absolute Gasteiger partial charge is 0.369 e. The number of aryl methyl sites for hydroxylation is 1. The number of H-pyrrole nitrogens is 1. The highest BCUT2D eigenvalue weighted by molar-refractivity contribution is 5.27. The average molecular weight is 288 g/mol. The first-order valence-electron chi connectivity index (χ1n) is 7.19. The van der Waals surface area contributed by atoms with Crippen LogP contribution in [0.25, 0.3) is 0 Å². The number of hydrogen-bond donors (Lipinski definition) is 2. The molecule has 0 saturated heterocycles. The molecule has 0 bridgehead atoms. The summed E-state index contributed by atoms with van der Waals surface area (Å²) in [6.45, 7) is 7.32. The summed E-state index contributed by atoms with van der Waals surface area (Å²) in [5, 5.41) is 4.37. The topological polar surface area (TPSA) is 92.8 Å². The van der Waals surface area contributed by atoms with Crippen molar-refractivity contribution in [1.82, 2.24) is 24.6 Å². The Hall–Kier alpha value is -2.15. The molecule has 21 heavy (non-hydrogen) atoms. The van der Waals surface area contributed by atoms with Crippen molar-refractivity contribution in [1.29, 1.82) is 0 Å². The van der Waals surface area contributed by atoms with Gasteiger partial charge in [0, 0.05) is 43.9 Å². The van der Waals surface area contributed by atoms with Gasteiger partial charge in [0.25, 0.3) is 5.56 Å². The van der Waals surface area contributed by atoms with Crippen LogP contribution in [0, 0.1) is 6.92 Å². The highest BCUT2D eigenvalue weighted by atomic mass is 16.1.